The second-order valence-electron chi connectivity index (χ2n) is 7.47. The van der Waals surface area contributed by atoms with Crippen molar-refractivity contribution in [3.8, 4) is 5.75 Å². The third-order valence-electron chi connectivity index (χ3n) is 4.95. The molecule has 28 heavy (non-hydrogen) atoms. The molecule has 3 N–H and O–H groups in total. The molecule has 0 spiro atoms. The van der Waals surface area contributed by atoms with Crippen LogP contribution in [-0.4, -0.2) is 57.1 Å². The molecule has 1 atom stereocenters. The number of ether oxygens (including phenoxy) is 2. The van der Waals surface area contributed by atoms with Crippen LogP contribution in [0.3, 0.4) is 0 Å². The molecular formula is C21H36IN3O3. The lowest BCUT2D eigenvalue weighted by Gasteiger charge is -2.24. The second kappa shape index (κ2) is 13.2. The highest BCUT2D eigenvalue weighted by Crippen LogP contribution is 2.32. The van der Waals surface area contributed by atoms with Gasteiger partial charge in [-0.15, -0.1) is 24.0 Å². The van der Waals surface area contributed by atoms with Crippen LogP contribution in [-0.2, 0) is 4.74 Å². The molecule has 1 unspecified atom stereocenters. The molecule has 0 bridgehead atoms. The number of hydrogen-bond donors (Lipinski definition) is 3. The summed E-state index contributed by atoms with van der Waals surface area (Å²) in [7, 11) is 0. The van der Waals surface area contributed by atoms with Gasteiger partial charge in [0, 0.05) is 25.2 Å². The number of aliphatic hydroxyl groups excluding tert-OH is 1. The van der Waals surface area contributed by atoms with Crippen LogP contribution in [0, 0.1) is 5.41 Å². The van der Waals surface area contributed by atoms with E-state index in [-0.39, 0.29) is 36.0 Å². The standard InChI is InChI=1S/C21H35N3O3.HI/c1-4-22-20(24-15-21(9-12-25)10-13-26-16-21)23-11-14-27-19-7-5-18(6-8-19)17(2)3;/h5-8,17,25H,4,9-16H2,1-3H3,(H2,22,23,24);1H. The smallest absolute Gasteiger partial charge is 0.191 e. The Kier molecular flexibility index (Phi) is 11.8. The summed E-state index contributed by atoms with van der Waals surface area (Å²) in [5.41, 5.74) is 1.28. The number of guanidine groups is 1. The summed E-state index contributed by atoms with van der Waals surface area (Å²) in [5, 5.41) is 15.9. The van der Waals surface area contributed by atoms with E-state index in [0.717, 1.165) is 37.7 Å². The summed E-state index contributed by atoms with van der Waals surface area (Å²) < 4.78 is 11.3. The largest absolute Gasteiger partial charge is 0.492 e. The highest BCUT2D eigenvalue weighted by molar-refractivity contribution is 14.0. The van der Waals surface area contributed by atoms with Crippen molar-refractivity contribution in [1.29, 1.82) is 0 Å². The first kappa shape index (κ1) is 25.0. The Morgan fingerprint density at radius 1 is 1.29 bits per heavy atom. The number of aliphatic imine (C=N–C) groups is 1. The zero-order valence-corrected chi connectivity index (χ0v) is 19.7. The van der Waals surface area contributed by atoms with Crippen LogP contribution in [0.15, 0.2) is 29.3 Å². The summed E-state index contributed by atoms with van der Waals surface area (Å²) in [4.78, 5) is 4.71. The molecule has 6 nitrogen and oxygen atoms in total. The third kappa shape index (κ3) is 8.13. The van der Waals surface area contributed by atoms with Gasteiger partial charge in [0.1, 0.15) is 12.4 Å². The summed E-state index contributed by atoms with van der Waals surface area (Å²) in [6.07, 6.45) is 1.68. The van der Waals surface area contributed by atoms with E-state index in [0.29, 0.717) is 32.2 Å². The summed E-state index contributed by atoms with van der Waals surface area (Å²) in [5.74, 6) is 2.19. The molecule has 1 aromatic rings. The van der Waals surface area contributed by atoms with E-state index in [1.165, 1.54) is 5.56 Å². The van der Waals surface area contributed by atoms with Crippen LogP contribution >= 0.6 is 24.0 Å². The molecule has 7 heteroatoms. The Morgan fingerprint density at radius 2 is 2.04 bits per heavy atom. The van der Waals surface area contributed by atoms with Gasteiger partial charge in [-0.2, -0.15) is 0 Å². The quantitative estimate of drug-likeness (QED) is 0.197. The van der Waals surface area contributed by atoms with Crippen molar-refractivity contribution in [2.24, 2.45) is 10.4 Å². The molecule has 160 valence electrons. The van der Waals surface area contributed by atoms with Crippen LogP contribution in [0.4, 0.5) is 0 Å². The molecule has 0 amide bonds. The van der Waals surface area contributed by atoms with Gasteiger partial charge in [-0.3, -0.25) is 4.99 Å². The van der Waals surface area contributed by atoms with Gasteiger partial charge in [0.05, 0.1) is 19.7 Å². The van der Waals surface area contributed by atoms with Crippen LogP contribution in [0.5, 0.6) is 5.75 Å². The van der Waals surface area contributed by atoms with Gasteiger partial charge in [0.15, 0.2) is 5.96 Å². The van der Waals surface area contributed by atoms with E-state index >= 15 is 0 Å². The lowest BCUT2D eigenvalue weighted by atomic mass is 9.84. The third-order valence-corrected chi connectivity index (χ3v) is 4.95. The van der Waals surface area contributed by atoms with Gasteiger partial charge >= 0.3 is 0 Å². The Bertz CT molecular complexity index is 573. The maximum atomic E-state index is 9.34. The zero-order chi connectivity index (χ0) is 19.5. The predicted molar refractivity (Wildman–Crippen MR) is 125 cm³/mol. The number of rotatable bonds is 10. The van der Waals surface area contributed by atoms with Gasteiger partial charge in [0.2, 0.25) is 0 Å². The molecule has 0 aliphatic carbocycles. The maximum absolute atomic E-state index is 9.34. The van der Waals surface area contributed by atoms with E-state index in [4.69, 9.17) is 14.5 Å². The normalized spacial score (nSPS) is 19.4. The molecule has 1 fully saturated rings. The number of halogens is 1. The topological polar surface area (TPSA) is 75.1 Å². The fourth-order valence-electron chi connectivity index (χ4n) is 3.16. The minimum Gasteiger partial charge on any atom is -0.492 e. The molecular weight excluding hydrogens is 469 g/mol. The summed E-state index contributed by atoms with van der Waals surface area (Å²) >= 11 is 0. The number of aliphatic hydroxyl groups is 1. The predicted octanol–water partition coefficient (Wildman–Crippen LogP) is 3.15. The fourth-order valence-corrected chi connectivity index (χ4v) is 3.16. The number of nitrogens with zero attached hydrogens (tertiary/aromatic N) is 1. The second-order valence-corrected chi connectivity index (χ2v) is 7.47. The first-order chi connectivity index (χ1) is 13.1. The molecule has 0 radical (unpaired) electrons. The highest BCUT2D eigenvalue weighted by atomic mass is 127. The van der Waals surface area contributed by atoms with Gasteiger partial charge in [-0.05, 0) is 43.4 Å². The molecule has 1 saturated heterocycles. The first-order valence-corrected chi connectivity index (χ1v) is 10.0. The van der Waals surface area contributed by atoms with Gasteiger partial charge in [-0.25, -0.2) is 0 Å². The van der Waals surface area contributed by atoms with Gasteiger partial charge < -0.3 is 25.2 Å². The SMILES string of the molecule is CCNC(=NCC1(CCO)CCOC1)NCCOc1ccc(C(C)C)cc1.I. The molecule has 2 rings (SSSR count). The van der Waals surface area contributed by atoms with E-state index in [1.807, 2.05) is 19.1 Å². The Morgan fingerprint density at radius 3 is 2.61 bits per heavy atom. The average Bonchev–Trinajstić information content (AvgIpc) is 3.12. The highest BCUT2D eigenvalue weighted by Gasteiger charge is 2.34. The molecule has 1 aliphatic rings. The van der Waals surface area contributed by atoms with Crippen LogP contribution in [0.1, 0.15) is 45.1 Å². The minimum absolute atomic E-state index is 0. The van der Waals surface area contributed by atoms with Crippen LogP contribution < -0.4 is 15.4 Å². The lowest BCUT2D eigenvalue weighted by Crippen LogP contribution is -2.40. The van der Waals surface area contributed by atoms with Crippen molar-refractivity contribution in [2.75, 3.05) is 46.1 Å². The molecule has 0 aromatic heterocycles. The zero-order valence-electron chi connectivity index (χ0n) is 17.4. The van der Waals surface area contributed by atoms with E-state index in [1.54, 1.807) is 0 Å². The molecule has 1 heterocycles. The van der Waals surface area contributed by atoms with Crippen LogP contribution in [0.25, 0.3) is 0 Å². The Labute approximate surface area is 186 Å². The van der Waals surface area contributed by atoms with Crippen LogP contribution in [0.2, 0.25) is 0 Å². The number of hydrogen-bond acceptors (Lipinski definition) is 4. The van der Waals surface area contributed by atoms with Crippen molar-refractivity contribution < 1.29 is 14.6 Å². The monoisotopic (exact) mass is 505 g/mol. The van der Waals surface area contributed by atoms with Crippen molar-refractivity contribution in [1.82, 2.24) is 10.6 Å². The first-order valence-electron chi connectivity index (χ1n) is 10.0. The number of benzene rings is 1. The molecule has 1 aromatic carbocycles. The van der Waals surface area contributed by atoms with E-state index < -0.39 is 0 Å². The summed E-state index contributed by atoms with van der Waals surface area (Å²) in [6, 6.07) is 8.27. The Balaban J connectivity index is 0.00000392. The van der Waals surface area contributed by atoms with E-state index in [2.05, 4.69) is 36.6 Å². The molecule has 1 aliphatic heterocycles. The lowest BCUT2D eigenvalue weighted by molar-refractivity contribution is 0.131. The molecule has 0 saturated carbocycles. The fraction of sp³-hybridized carbons (Fsp3) is 0.667. The van der Waals surface area contributed by atoms with Gasteiger partial charge in [0.25, 0.3) is 0 Å². The van der Waals surface area contributed by atoms with Gasteiger partial charge in [-0.1, -0.05) is 26.0 Å². The Hall–Kier alpha value is -1.06. The van der Waals surface area contributed by atoms with Crippen molar-refractivity contribution in [3.63, 3.8) is 0 Å². The van der Waals surface area contributed by atoms with Crippen molar-refractivity contribution in [3.05, 3.63) is 29.8 Å². The minimum atomic E-state index is -0.0360. The number of nitrogens with one attached hydrogen (secondary N) is 2. The van der Waals surface area contributed by atoms with Crippen molar-refractivity contribution >= 4 is 29.9 Å². The summed E-state index contributed by atoms with van der Waals surface area (Å²) in [6.45, 7) is 10.7. The maximum Gasteiger partial charge on any atom is 0.191 e. The average molecular weight is 505 g/mol. The van der Waals surface area contributed by atoms with Crippen molar-refractivity contribution in [2.45, 2.75) is 39.5 Å². The van der Waals surface area contributed by atoms with E-state index in [9.17, 15) is 5.11 Å².